The van der Waals surface area contributed by atoms with Crippen LogP contribution in [0.4, 0.5) is 0 Å². The zero-order valence-electron chi connectivity index (χ0n) is 13.0. The minimum atomic E-state index is 0.0667. The highest BCUT2D eigenvalue weighted by molar-refractivity contribution is 5.93. The van der Waals surface area contributed by atoms with E-state index in [1.165, 1.54) is 0 Å². The maximum absolute atomic E-state index is 12.7. The summed E-state index contributed by atoms with van der Waals surface area (Å²) in [4.78, 5) is 14.7. The smallest absolute Gasteiger partial charge is 0.276 e. The van der Waals surface area contributed by atoms with E-state index in [4.69, 9.17) is 0 Å². The molecular formula is C15H25N5O. The third kappa shape index (κ3) is 2.69. The van der Waals surface area contributed by atoms with Crippen LogP contribution in [0.1, 0.15) is 61.3 Å². The van der Waals surface area contributed by atoms with Gasteiger partial charge in [-0.15, -0.1) is 5.10 Å². The van der Waals surface area contributed by atoms with Crippen molar-refractivity contribution in [3.8, 4) is 0 Å². The number of amides is 1. The lowest BCUT2D eigenvalue weighted by atomic mass is 10.1. The maximum Gasteiger partial charge on any atom is 0.276 e. The predicted molar refractivity (Wildman–Crippen MR) is 80.2 cm³/mol. The highest BCUT2D eigenvalue weighted by Crippen LogP contribution is 2.24. The predicted octanol–water partition coefficient (Wildman–Crippen LogP) is 1.53. The number of hydrogen-bond donors (Lipinski definition) is 1. The van der Waals surface area contributed by atoms with Crippen LogP contribution in [0.15, 0.2) is 0 Å². The van der Waals surface area contributed by atoms with Crippen LogP contribution < -0.4 is 5.32 Å². The van der Waals surface area contributed by atoms with Gasteiger partial charge < -0.3 is 10.2 Å². The number of piperidine rings is 1. The number of likely N-dealkylation sites (tertiary alicyclic amines) is 1. The molecule has 0 spiro atoms. The Morgan fingerprint density at radius 2 is 2.10 bits per heavy atom. The summed E-state index contributed by atoms with van der Waals surface area (Å²) in [6.45, 7) is 7.01. The second kappa shape index (κ2) is 6.13. The van der Waals surface area contributed by atoms with Crippen LogP contribution in [0.2, 0.25) is 0 Å². The molecule has 2 aliphatic rings. The number of carbonyl (C=O) groups is 1. The third-order valence-electron chi connectivity index (χ3n) is 4.89. The molecule has 0 saturated carbocycles. The third-order valence-corrected chi connectivity index (χ3v) is 4.89. The molecule has 2 aliphatic heterocycles. The summed E-state index contributed by atoms with van der Waals surface area (Å²) in [5.41, 5.74) is 1.47. The van der Waals surface area contributed by atoms with Crippen LogP contribution in [0.5, 0.6) is 0 Å². The fourth-order valence-electron chi connectivity index (χ4n) is 3.60. The molecule has 3 heterocycles. The van der Waals surface area contributed by atoms with Crippen molar-refractivity contribution in [2.45, 2.75) is 58.0 Å². The van der Waals surface area contributed by atoms with Crippen molar-refractivity contribution in [3.63, 3.8) is 0 Å². The van der Waals surface area contributed by atoms with Gasteiger partial charge in [-0.3, -0.25) is 4.79 Å². The first kappa shape index (κ1) is 14.5. The van der Waals surface area contributed by atoms with Gasteiger partial charge in [0.15, 0.2) is 5.69 Å². The van der Waals surface area contributed by atoms with Gasteiger partial charge in [0.2, 0.25) is 0 Å². The van der Waals surface area contributed by atoms with Crippen LogP contribution in [-0.4, -0.2) is 51.5 Å². The molecule has 6 nitrogen and oxygen atoms in total. The van der Waals surface area contributed by atoms with Gasteiger partial charge in [0.25, 0.3) is 5.91 Å². The second-order valence-corrected chi connectivity index (χ2v) is 6.15. The van der Waals surface area contributed by atoms with Crippen LogP contribution in [0.25, 0.3) is 0 Å². The number of rotatable bonds is 3. The van der Waals surface area contributed by atoms with Gasteiger partial charge in [-0.25, -0.2) is 4.68 Å². The number of nitrogens with one attached hydrogen (secondary N) is 1. The minimum Gasteiger partial charge on any atom is -0.334 e. The number of carbonyl (C=O) groups excluding carboxylic acids is 1. The van der Waals surface area contributed by atoms with E-state index >= 15 is 0 Å². The average molecular weight is 291 g/mol. The van der Waals surface area contributed by atoms with Crippen LogP contribution >= 0.6 is 0 Å². The lowest BCUT2D eigenvalue weighted by Gasteiger charge is -2.24. The first-order valence-electron chi connectivity index (χ1n) is 8.15. The highest BCUT2D eigenvalue weighted by atomic mass is 16.2. The van der Waals surface area contributed by atoms with Crippen LogP contribution in [0, 0.1) is 6.92 Å². The number of nitrogens with zero attached hydrogens (tertiary/aromatic N) is 4. The lowest BCUT2D eigenvalue weighted by Crippen LogP contribution is -2.36. The van der Waals surface area contributed by atoms with E-state index in [-0.39, 0.29) is 5.91 Å². The Labute approximate surface area is 125 Å². The summed E-state index contributed by atoms with van der Waals surface area (Å²) in [5.74, 6) is 0.0667. The Morgan fingerprint density at radius 1 is 1.33 bits per heavy atom. The Morgan fingerprint density at radius 3 is 2.81 bits per heavy atom. The Hall–Kier alpha value is -1.43. The van der Waals surface area contributed by atoms with E-state index in [1.54, 1.807) is 0 Å². The molecule has 0 aromatic carbocycles. The van der Waals surface area contributed by atoms with Gasteiger partial charge >= 0.3 is 0 Å². The van der Waals surface area contributed by atoms with E-state index in [2.05, 4.69) is 22.6 Å². The standard InChI is InChI=1S/C15H25N5O/c1-3-12-5-4-10-19(12)15(21)14-11(2)20(18-17-14)13-6-8-16-9-7-13/h12-13,16H,3-10H2,1-2H3. The molecule has 0 aliphatic carbocycles. The van der Waals surface area contributed by atoms with Crippen molar-refractivity contribution in [1.29, 1.82) is 0 Å². The van der Waals surface area contributed by atoms with Gasteiger partial charge in [-0.05, 0) is 52.1 Å². The summed E-state index contributed by atoms with van der Waals surface area (Å²) in [6, 6.07) is 0.752. The zero-order valence-corrected chi connectivity index (χ0v) is 13.0. The van der Waals surface area contributed by atoms with E-state index in [0.29, 0.717) is 17.8 Å². The summed E-state index contributed by atoms with van der Waals surface area (Å²) >= 11 is 0. The molecule has 1 unspecified atom stereocenters. The number of hydrogen-bond acceptors (Lipinski definition) is 4. The summed E-state index contributed by atoms with van der Waals surface area (Å²) in [7, 11) is 0. The first-order valence-corrected chi connectivity index (χ1v) is 8.15. The second-order valence-electron chi connectivity index (χ2n) is 6.15. The minimum absolute atomic E-state index is 0.0667. The molecule has 1 amide bonds. The van der Waals surface area contributed by atoms with Crippen LogP contribution in [-0.2, 0) is 0 Å². The van der Waals surface area contributed by atoms with Gasteiger partial charge in [0.1, 0.15) is 0 Å². The lowest BCUT2D eigenvalue weighted by molar-refractivity contribution is 0.0726. The van der Waals surface area contributed by atoms with Crippen molar-refractivity contribution in [1.82, 2.24) is 25.2 Å². The van der Waals surface area contributed by atoms with Gasteiger partial charge in [0.05, 0.1) is 11.7 Å². The molecule has 6 heteroatoms. The van der Waals surface area contributed by atoms with E-state index in [9.17, 15) is 4.79 Å². The molecular weight excluding hydrogens is 266 g/mol. The van der Waals surface area contributed by atoms with E-state index in [1.807, 2.05) is 16.5 Å². The summed E-state index contributed by atoms with van der Waals surface area (Å²) in [6.07, 6.45) is 5.35. The molecule has 2 saturated heterocycles. The monoisotopic (exact) mass is 291 g/mol. The van der Waals surface area contributed by atoms with E-state index < -0.39 is 0 Å². The Balaban J connectivity index is 1.79. The quantitative estimate of drug-likeness (QED) is 0.917. The highest BCUT2D eigenvalue weighted by Gasteiger charge is 2.31. The fraction of sp³-hybridized carbons (Fsp3) is 0.800. The molecule has 2 fully saturated rings. The Kier molecular flexibility index (Phi) is 4.24. The zero-order chi connectivity index (χ0) is 14.8. The van der Waals surface area contributed by atoms with Crippen molar-refractivity contribution < 1.29 is 4.79 Å². The van der Waals surface area contributed by atoms with Crippen molar-refractivity contribution >= 4 is 5.91 Å². The molecule has 1 atom stereocenters. The summed E-state index contributed by atoms with van der Waals surface area (Å²) in [5, 5.41) is 11.8. The largest absolute Gasteiger partial charge is 0.334 e. The molecule has 1 N–H and O–H groups in total. The van der Waals surface area contributed by atoms with Gasteiger partial charge in [-0.1, -0.05) is 12.1 Å². The number of aromatic nitrogens is 3. The van der Waals surface area contributed by atoms with Gasteiger partial charge in [0, 0.05) is 12.6 Å². The van der Waals surface area contributed by atoms with Crippen molar-refractivity contribution in [2.75, 3.05) is 19.6 Å². The normalized spacial score (nSPS) is 23.7. The molecule has 0 radical (unpaired) electrons. The fourth-order valence-corrected chi connectivity index (χ4v) is 3.60. The molecule has 1 aromatic rings. The SMILES string of the molecule is CCC1CCCN1C(=O)c1nnn(C2CCNCC2)c1C. The molecule has 3 rings (SSSR count). The topological polar surface area (TPSA) is 63.1 Å². The van der Waals surface area contributed by atoms with Gasteiger partial charge in [-0.2, -0.15) is 0 Å². The van der Waals surface area contributed by atoms with Crippen molar-refractivity contribution in [3.05, 3.63) is 11.4 Å². The molecule has 1 aromatic heterocycles. The van der Waals surface area contributed by atoms with E-state index in [0.717, 1.165) is 57.4 Å². The summed E-state index contributed by atoms with van der Waals surface area (Å²) < 4.78 is 1.96. The molecule has 21 heavy (non-hydrogen) atoms. The molecule has 0 bridgehead atoms. The first-order chi connectivity index (χ1) is 10.2. The van der Waals surface area contributed by atoms with Crippen LogP contribution in [0.3, 0.4) is 0 Å². The molecule has 116 valence electrons. The van der Waals surface area contributed by atoms with Crippen molar-refractivity contribution in [2.24, 2.45) is 0 Å². The maximum atomic E-state index is 12.7. The Bertz CT molecular complexity index is 506. The average Bonchev–Trinajstić information content (AvgIpc) is 3.13.